The van der Waals surface area contributed by atoms with E-state index in [0.29, 0.717) is 0 Å². The fourth-order valence-electron chi connectivity index (χ4n) is 2.03. The normalized spacial score (nSPS) is 10.6. The van der Waals surface area contributed by atoms with Gasteiger partial charge in [-0.05, 0) is 28.0 Å². The number of fused-ring (bicyclic) bond motifs is 1. The minimum Gasteiger partial charge on any atom is -0.431 e. The first-order valence-electron chi connectivity index (χ1n) is 5.41. The highest BCUT2D eigenvalue weighted by molar-refractivity contribution is 5.96. The van der Waals surface area contributed by atoms with E-state index in [0.717, 1.165) is 16.5 Å². The molecule has 0 saturated heterocycles. The third-order valence-corrected chi connectivity index (χ3v) is 2.81. The maximum atomic E-state index is 11.2. The molecule has 1 heterocycles. The summed E-state index contributed by atoms with van der Waals surface area (Å²) in [5, 5.41) is 2.30. The quantitative estimate of drug-likeness (QED) is 0.631. The Morgan fingerprint density at radius 2 is 1.71 bits per heavy atom. The number of hydrogen-bond donors (Lipinski definition) is 0. The van der Waals surface area contributed by atoms with Gasteiger partial charge >= 0.3 is 5.63 Å². The zero-order valence-electron chi connectivity index (χ0n) is 9.09. The fourth-order valence-corrected chi connectivity index (χ4v) is 2.03. The Hall–Kier alpha value is -2.35. The van der Waals surface area contributed by atoms with Crippen LogP contribution in [0, 0.1) is 0 Å². The molecule has 0 N–H and O–H groups in total. The minimum atomic E-state index is -0.324. The molecule has 0 fully saturated rings. The molecule has 1 aromatic heterocycles. The van der Waals surface area contributed by atoms with E-state index in [4.69, 9.17) is 4.42 Å². The summed E-state index contributed by atoms with van der Waals surface area (Å²) in [5.74, 6) is 0. The van der Waals surface area contributed by atoms with Gasteiger partial charge in [0, 0.05) is 6.07 Å². The zero-order valence-corrected chi connectivity index (χ0v) is 9.09. The van der Waals surface area contributed by atoms with Crippen molar-refractivity contribution in [2.75, 3.05) is 0 Å². The maximum Gasteiger partial charge on any atom is 0.336 e. The third-order valence-electron chi connectivity index (χ3n) is 2.81. The van der Waals surface area contributed by atoms with Gasteiger partial charge in [0.25, 0.3) is 0 Å². The van der Waals surface area contributed by atoms with Crippen molar-refractivity contribution in [2.45, 2.75) is 0 Å². The highest BCUT2D eigenvalue weighted by atomic mass is 16.4. The van der Waals surface area contributed by atoms with Crippen LogP contribution < -0.4 is 5.63 Å². The van der Waals surface area contributed by atoms with E-state index in [1.165, 1.54) is 17.7 Å². The Labute approximate surface area is 98.1 Å². The van der Waals surface area contributed by atoms with E-state index in [1.807, 2.05) is 30.3 Å². The molecule has 0 aliphatic rings. The Bertz CT molecular complexity index is 721. The molecule has 82 valence electrons. The molecule has 0 bridgehead atoms. The summed E-state index contributed by atoms with van der Waals surface area (Å²) in [6.07, 6.45) is 1.43. The largest absolute Gasteiger partial charge is 0.431 e. The van der Waals surface area contributed by atoms with Crippen LogP contribution in [0.3, 0.4) is 0 Å². The van der Waals surface area contributed by atoms with Crippen molar-refractivity contribution in [3.63, 3.8) is 0 Å². The molecule has 0 unspecified atom stereocenters. The lowest BCUT2D eigenvalue weighted by atomic mass is 9.99. The Morgan fingerprint density at radius 3 is 2.59 bits per heavy atom. The SMILES string of the molecule is O=c1cc(-c2cccc3ccccc23)cco1. The van der Waals surface area contributed by atoms with Crippen LogP contribution in [0.4, 0.5) is 0 Å². The van der Waals surface area contributed by atoms with Crippen LogP contribution >= 0.6 is 0 Å². The molecule has 0 aliphatic heterocycles. The lowest BCUT2D eigenvalue weighted by Crippen LogP contribution is -1.95. The standard InChI is InChI=1S/C15H10O2/c16-15-10-12(8-9-17-15)14-7-3-5-11-4-1-2-6-13(11)14/h1-10H. The second-order valence-corrected chi connectivity index (χ2v) is 3.87. The van der Waals surface area contributed by atoms with Crippen molar-refractivity contribution in [1.82, 2.24) is 0 Å². The zero-order chi connectivity index (χ0) is 11.7. The van der Waals surface area contributed by atoms with Crippen molar-refractivity contribution in [3.8, 4) is 11.1 Å². The molecule has 0 saturated carbocycles. The average Bonchev–Trinajstić information content (AvgIpc) is 2.38. The summed E-state index contributed by atoms with van der Waals surface area (Å²) in [6.45, 7) is 0. The van der Waals surface area contributed by atoms with E-state index in [2.05, 4.69) is 18.2 Å². The van der Waals surface area contributed by atoms with Crippen LogP contribution in [-0.4, -0.2) is 0 Å². The van der Waals surface area contributed by atoms with E-state index < -0.39 is 0 Å². The summed E-state index contributed by atoms with van der Waals surface area (Å²) in [5.41, 5.74) is 1.62. The predicted octanol–water partition coefficient (Wildman–Crippen LogP) is 3.46. The van der Waals surface area contributed by atoms with Gasteiger partial charge in [0.15, 0.2) is 0 Å². The topological polar surface area (TPSA) is 30.2 Å². The van der Waals surface area contributed by atoms with Crippen LogP contribution in [0.1, 0.15) is 0 Å². The van der Waals surface area contributed by atoms with E-state index in [-0.39, 0.29) is 5.63 Å². The lowest BCUT2D eigenvalue weighted by Gasteiger charge is -2.05. The van der Waals surface area contributed by atoms with Gasteiger partial charge < -0.3 is 4.42 Å². The van der Waals surface area contributed by atoms with Gasteiger partial charge in [-0.3, -0.25) is 0 Å². The summed E-state index contributed by atoms with van der Waals surface area (Å²) < 4.78 is 4.75. The van der Waals surface area contributed by atoms with Crippen molar-refractivity contribution in [3.05, 3.63) is 71.3 Å². The van der Waals surface area contributed by atoms with Gasteiger partial charge in [0.2, 0.25) is 0 Å². The smallest absolute Gasteiger partial charge is 0.336 e. The molecule has 0 amide bonds. The first-order chi connectivity index (χ1) is 8.34. The number of rotatable bonds is 1. The van der Waals surface area contributed by atoms with Crippen molar-refractivity contribution >= 4 is 10.8 Å². The average molecular weight is 222 g/mol. The molecular weight excluding hydrogens is 212 g/mol. The molecule has 0 atom stereocenters. The Morgan fingerprint density at radius 1 is 0.882 bits per heavy atom. The second-order valence-electron chi connectivity index (χ2n) is 3.87. The summed E-state index contributed by atoms with van der Waals surface area (Å²) in [6, 6.07) is 17.5. The first-order valence-corrected chi connectivity index (χ1v) is 5.41. The van der Waals surface area contributed by atoms with Crippen molar-refractivity contribution < 1.29 is 4.42 Å². The Balaban J connectivity index is 2.34. The number of benzene rings is 2. The van der Waals surface area contributed by atoms with Gasteiger partial charge in [-0.2, -0.15) is 0 Å². The van der Waals surface area contributed by atoms with Crippen LogP contribution in [0.25, 0.3) is 21.9 Å². The maximum absolute atomic E-state index is 11.2. The van der Waals surface area contributed by atoms with Gasteiger partial charge in [-0.1, -0.05) is 42.5 Å². The highest BCUT2D eigenvalue weighted by Gasteiger charge is 2.03. The molecule has 0 aliphatic carbocycles. The third kappa shape index (κ3) is 1.74. The summed E-state index contributed by atoms with van der Waals surface area (Å²) in [7, 11) is 0. The monoisotopic (exact) mass is 222 g/mol. The molecule has 0 radical (unpaired) electrons. The first kappa shape index (κ1) is 9.85. The van der Waals surface area contributed by atoms with Crippen LogP contribution in [-0.2, 0) is 0 Å². The molecule has 2 nitrogen and oxygen atoms in total. The minimum absolute atomic E-state index is 0.324. The molecule has 3 rings (SSSR count). The molecule has 2 aromatic carbocycles. The van der Waals surface area contributed by atoms with E-state index >= 15 is 0 Å². The summed E-state index contributed by atoms with van der Waals surface area (Å²) >= 11 is 0. The molecule has 2 heteroatoms. The van der Waals surface area contributed by atoms with Gasteiger partial charge in [0.05, 0.1) is 6.26 Å². The van der Waals surface area contributed by atoms with Crippen LogP contribution in [0.15, 0.2) is 70.1 Å². The molecule has 0 spiro atoms. The molecule has 3 aromatic rings. The number of hydrogen-bond acceptors (Lipinski definition) is 2. The van der Waals surface area contributed by atoms with Crippen molar-refractivity contribution in [2.24, 2.45) is 0 Å². The van der Waals surface area contributed by atoms with Gasteiger partial charge in [-0.15, -0.1) is 0 Å². The second kappa shape index (κ2) is 3.91. The van der Waals surface area contributed by atoms with E-state index in [1.54, 1.807) is 0 Å². The molecular formula is C15H10O2. The van der Waals surface area contributed by atoms with Gasteiger partial charge in [-0.25, -0.2) is 4.79 Å². The molecule has 17 heavy (non-hydrogen) atoms. The highest BCUT2D eigenvalue weighted by Crippen LogP contribution is 2.27. The van der Waals surface area contributed by atoms with E-state index in [9.17, 15) is 4.79 Å². The van der Waals surface area contributed by atoms with Crippen molar-refractivity contribution in [1.29, 1.82) is 0 Å². The fraction of sp³-hybridized carbons (Fsp3) is 0. The predicted molar refractivity (Wildman–Crippen MR) is 67.9 cm³/mol. The van der Waals surface area contributed by atoms with Crippen LogP contribution in [0.2, 0.25) is 0 Å². The van der Waals surface area contributed by atoms with Crippen LogP contribution in [0.5, 0.6) is 0 Å². The lowest BCUT2D eigenvalue weighted by molar-refractivity contribution is 0.511. The summed E-state index contributed by atoms with van der Waals surface area (Å²) in [4.78, 5) is 11.2. The Kier molecular flexibility index (Phi) is 2.26. The van der Waals surface area contributed by atoms with Gasteiger partial charge in [0.1, 0.15) is 0 Å².